The van der Waals surface area contributed by atoms with Gasteiger partial charge < -0.3 is 0 Å². The number of hydrogen-bond donors (Lipinski definition) is 0. The Morgan fingerprint density at radius 3 is 2.18 bits per heavy atom. The summed E-state index contributed by atoms with van der Waals surface area (Å²) in [7, 11) is 0. The summed E-state index contributed by atoms with van der Waals surface area (Å²) in [6, 6.07) is 19.2. The molecular weight excluding hydrogens is 228 g/mol. The topological polar surface area (TPSA) is 0 Å². The van der Waals surface area contributed by atoms with Gasteiger partial charge in [0.1, 0.15) is 0 Å². The zero-order valence-electron chi connectivity index (χ0n) is 10.1. The van der Waals surface area contributed by atoms with Gasteiger partial charge in [0, 0.05) is 11.8 Å². The van der Waals surface area contributed by atoms with Crippen molar-refractivity contribution in [3.63, 3.8) is 0 Å². The molecule has 0 aliphatic carbocycles. The van der Waals surface area contributed by atoms with Crippen LogP contribution in [0, 0.1) is 6.92 Å². The minimum absolute atomic E-state index is 0.403. The van der Waals surface area contributed by atoms with Crippen LogP contribution in [0.3, 0.4) is 0 Å². The number of aryl methyl sites for hydroxylation is 1. The maximum atomic E-state index is 6.08. The Hall–Kier alpha value is -1.27. The Labute approximate surface area is 108 Å². The molecule has 0 fully saturated rings. The SMILES string of the molecule is Cc1ccc(CC(CCl)c2ccccc2)cc1. The summed E-state index contributed by atoms with van der Waals surface area (Å²) in [5.74, 6) is 1.07. The molecule has 2 aromatic carbocycles. The van der Waals surface area contributed by atoms with Crippen LogP contribution < -0.4 is 0 Å². The van der Waals surface area contributed by atoms with Gasteiger partial charge in [-0.3, -0.25) is 0 Å². The fraction of sp³-hybridized carbons (Fsp3) is 0.250. The van der Waals surface area contributed by atoms with Crippen LogP contribution in [0.15, 0.2) is 54.6 Å². The Morgan fingerprint density at radius 2 is 1.59 bits per heavy atom. The van der Waals surface area contributed by atoms with E-state index in [1.165, 1.54) is 16.7 Å². The van der Waals surface area contributed by atoms with Crippen molar-refractivity contribution in [1.29, 1.82) is 0 Å². The van der Waals surface area contributed by atoms with E-state index in [1.54, 1.807) is 0 Å². The predicted octanol–water partition coefficient (Wildman–Crippen LogP) is 4.56. The van der Waals surface area contributed by atoms with Crippen LogP contribution in [0.2, 0.25) is 0 Å². The highest BCUT2D eigenvalue weighted by atomic mass is 35.5. The minimum atomic E-state index is 0.403. The van der Waals surface area contributed by atoms with Crippen molar-refractivity contribution >= 4 is 11.6 Å². The van der Waals surface area contributed by atoms with E-state index < -0.39 is 0 Å². The quantitative estimate of drug-likeness (QED) is 0.692. The molecule has 0 radical (unpaired) electrons. The Morgan fingerprint density at radius 1 is 0.941 bits per heavy atom. The van der Waals surface area contributed by atoms with Crippen LogP contribution in [-0.2, 0) is 6.42 Å². The molecule has 2 aromatic rings. The van der Waals surface area contributed by atoms with Gasteiger partial charge in [0.25, 0.3) is 0 Å². The van der Waals surface area contributed by atoms with E-state index in [0.717, 1.165) is 6.42 Å². The van der Waals surface area contributed by atoms with Gasteiger partial charge in [-0.1, -0.05) is 60.2 Å². The van der Waals surface area contributed by atoms with Crippen LogP contribution in [0.25, 0.3) is 0 Å². The van der Waals surface area contributed by atoms with Crippen LogP contribution in [-0.4, -0.2) is 5.88 Å². The smallest absolute Gasteiger partial charge is 0.0295 e. The lowest BCUT2D eigenvalue weighted by Gasteiger charge is -2.14. The van der Waals surface area contributed by atoms with Crippen molar-refractivity contribution in [2.75, 3.05) is 5.88 Å². The molecule has 0 N–H and O–H groups in total. The highest BCUT2D eigenvalue weighted by Crippen LogP contribution is 2.22. The highest BCUT2D eigenvalue weighted by Gasteiger charge is 2.10. The molecule has 1 atom stereocenters. The second-order valence-electron chi connectivity index (χ2n) is 4.45. The van der Waals surface area contributed by atoms with Crippen LogP contribution in [0.5, 0.6) is 0 Å². The van der Waals surface area contributed by atoms with Gasteiger partial charge in [0.05, 0.1) is 0 Å². The zero-order valence-corrected chi connectivity index (χ0v) is 10.8. The van der Waals surface area contributed by atoms with Crippen molar-refractivity contribution in [3.8, 4) is 0 Å². The zero-order chi connectivity index (χ0) is 12.1. The number of rotatable bonds is 4. The third-order valence-electron chi connectivity index (χ3n) is 3.06. The average molecular weight is 245 g/mol. The van der Waals surface area contributed by atoms with E-state index >= 15 is 0 Å². The van der Waals surface area contributed by atoms with Gasteiger partial charge in [-0.25, -0.2) is 0 Å². The summed E-state index contributed by atoms with van der Waals surface area (Å²) >= 11 is 6.08. The number of alkyl halides is 1. The summed E-state index contributed by atoms with van der Waals surface area (Å²) in [5, 5.41) is 0. The van der Waals surface area contributed by atoms with Crippen molar-refractivity contribution in [2.24, 2.45) is 0 Å². The van der Waals surface area contributed by atoms with Gasteiger partial charge in [0.2, 0.25) is 0 Å². The molecule has 88 valence electrons. The summed E-state index contributed by atoms with van der Waals surface area (Å²) in [6.45, 7) is 2.11. The maximum absolute atomic E-state index is 6.08. The molecule has 0 aliphatic heterocycles. The largest absolute Gasteiger partial charge is 0.126 e. The predicted molar refractivity (Wildman–Crippen MR) is 74.8 cm³/mol. The molecule has 0 aromatic heterocycles. The van der Waals surface area contributed by atoms with E-state index in [9.17, 15) is 0 Å². The summed E-state index contributed by atoms with van der Waals surface area (Å²) in [4.78, 5) is 0. The summed E-state index contributed by atoms with van der Waals surface area (Å²) in [6.07, 6.45) is 1.01. The molecule has 0 saturated heterocycles. The molecule has 2 rings (SSSR count). The monoisotopic (exact) mass is 244 g/mol. The summed E-state index contributed by atoms with van der Waals surface area (Å²) in [5.41, 5.74) is 3.98. The first-order valence-corrected chi connectivity index (χ1v) is 6.49. The van der Waals surface area contributed by atoms with Crippen molar-refractivity contribution in [3.05, 3.63) is 71.3 Å². The van der Waals surface area contributed by atoms with Crippen molar-refractivity contribution in [2.45, 2.75) is 19.3 Å². The van der Waals surface area contributed by atoms with Crippen LogP contribution >= 0.6 is 11.6 Å². The Kier molecular flexibility index (Phi) is 4.22. The number of halogens is 1. The third-order valence-corrected chi connectivity index (χ3v) is 3.43. The Bertz CT molecular complexity index is 445. The molecule has 0 heterocycles. The highest BCUT2D eigenvalue weighted by molar-refractivity contribution is 6.18. The molecule has 0 spiro atoms. The maximum Gasteiger partial charge on any atom is 0.0295 e. The molecular formula is C16H17Cl. The lowest BCUT2D eigenvalue weighted by Crippen LogP contribution is -2.04. The van der Waals surface area contributed by atoms with Crippen molar-refractivity contribution in [1.82, 2.24) is 0 Å². The fourth-order valence-corrected chi connectivity index (χ4v) is 2.28. The fourth-order valence-electron chi connectivity index (χ4n) is 2.00. The molecule has 0 bridgehead atoms. The first kappa shape index (κ1) is 12.2. The Balaban J connectivity index is 2.13. The van der Waals surface area contributed by atoms with Crippen LogP contribution in [0.4, 0.5) is 0 Å². The van der Waals surface area contributed by atoms with E-state index in [-0.39, 0.29) is 0 Å². The lowest BCUT2D eigenvalue weighted by atomic mass is 9.93. The standard InChI is InChI=1S/C16H17Cl/c1-13-7-9-14(10-8-13)11-16(12-17)15-5-3-2-4-6-15/h2-10,16H,11-12H2,1H3. The molecule has 1 unspecified atom stereocenters. The molecule has 0 saturated carbocycles. The van der Waals surface area contributed by atoms with Gasteiger partial charge in [-0.2, -0.15) is 0 Å². The molecule has 17 heavy (non-hydrogen) atoms. The first-order chi connectivity index (χ1) is 8.29. The normalized spacial score (nSPS) is 12.4. The first-order valence-electron chi connectivity index (χ1n) is 5.96. The number of hydrogen-bond acceptors (Lipinski definition) is 0. The van der Waals surface area contributed by atoms with Gasteiger partial charge in [0.15, 0.2) is 0 Å². The third kappa shape index (κ3) is 3.34. The van der Waals surface area contributed by atoms with Gasteiger partial charge in [-0.15, -0.1) is 11.6 Å². The second kappa shape index (κ2) is 5.88. The van der Waals surface area contributed by atoms with Crippen LogP contribution in [0.1, 0.15) is 22.6 Å². The van der Waals surface area contributed by atoms with E-state index in [2.05, 4.69) is 55.5 Å². The second-order valence-corrected chi connectivity index (χ2v) is 4.76. The van der Waals surface area contributed by atoms with Crippen molar-refractivity contribution < 1.29 is 0 Å². The van der Waals surface area contributed by atoms with Gasteiger partial charge >= 0.3 is 0 Å². The minimum Gasteiger partial charge on any atom is -0.126 e. The van der Waals surface area contributed by atoms with E-state index in [4.69, 9.17) is 11.6 Å². The van der Waals surface area contributed by atoms with Gasteiger partial charge in [-0.05, 0) is 24.5 Å². The number of benzene rings is 2. The molecule has 1 heteroatoms. The summed E-state index contributed by atoms with van der Waals surface area (Å²) < 4.78 is 0. The molecule has 0 amide bonds. The molecule has 0 nitrogen and oxygen atoms in total. The van der Waals surface area contributed by atoms with E-state index in [1.807, 2.05) is 6.07 Å². The average Bonchev–Trinajstić information content (AvgIpc) is 2.39. The lowest BCUT2D eigenvalue weighted by molar-refractivity contribution is 0.766. The molecule has 0 aliphatic rings. The van der Waals surface area contributed by atoms with E-state index in [0.29, 0.717) is 11.8 Å².